The van der Waals surface area contributed by atoms with Crippen LogP contribution in [0.4, 0.5) is 0 Å². The largest absolute Gasteiger partial charge is 0.479 e. The van der Waals surface area contributed by atoms with E-state index in [4.69, 9.17) is 9.47 Å². The van der Waals surface area contributed by atoms with Crippen LogP contribution in [0.5, 0.6) is 0 Å². The summed E-state index contributed by atoms with van der Waals surface area (Å²) in [4.78, 5) is 15.9. The van der Waals surface area contributed by atoms with E-state index in [9.17, 15) is 25.2 Å². The number of rotatable bonds is 8. The van der Waals surface area contributed by atoms with Crippen molar-refractivity contribution in [3.63, 3.8) is 0 Å². The number of aliphatic carboxylic acids is 1. The van der Waals surface area contributed by atoms with Crippen molar-refractivity contribution < 1.29 is 39.2 Å². The quantitative estimate of drug-likeness (QED) is 0.426. The molecule has 1 aliphatic rings. The molecule has 0 aliphatic carbocycles. The zero-order chi connectivity index (χ0) is 23.5. The lowest BCUT2D eigenvalue weighted by Gasteiger charge is -2.46. The normalized spacial score (nSPS) is 28.1. The molecule has 3 rings (SSSR count). The van der Waals surface area contributed by atoms with Crippen molar-refractivity contribution in [2.45, 2.75) is 43.2 Å². The lowest BCUT2D eigenvalue weighted by molar-refractivity contribution is -0.944. The molecule has 0 bridgehead atoms. The van der Waals surface area contributed by atoms with Crippen LogP contribution in [0.25, 0.3) is 0 Å². The molecule has 2 unspecified atom stereocenters. The summed E-state index contributed by atoms with van der Waals surface area (Å²) in [5, 5.41) is 39.9. The van der Waals surface area contributed by atoms with Gasteiger partial charge in [-0.25, -0.2) is 4.79 Å². The minimum Gasteiger partial charge on any atom is -0.479 e. The molecule has 1 aromatic heterocycles. The van der Waals surface area contributed by atoms with Gasteiger partial charge in [0.15, 0.2) is 12.2 Å². The molecule has 9 nitrogen and oxygen atoms in total. The summed E-state index contributed by atoms with van der Waals surface area (Å²) in [6.45, 7) is 2.47. The van der Waals surface area contributed by atoms with Crippen molar-refractivity contribution in [3.05, 3.63) is 66.0 Å². The third-order valence-corrected chi connectivity index (χ3v) is 6.06. The lowest BCUT2D eigenvalue weighted by atomic mass is 9.91. The van der Waals surface area contributed by atoms with E-state index in [1.807, 2.05) is 55.5 Å². The second-order valence-corrected chi connectivity index (χ2v) is 8.72. The molecule has 32 heavy (non-hydrogen) atoms. The van der Waals surface area contributed by atoms with Gasteiger partial charge in [-0.15, -0.1) is 0 Å². The summed E-state index contributed by atoms with van der Waals surface area (Å²) in [6, 6.07) is 15.3. The Labute approximate surface area is 187 Å². The number of nitrogens with zero attached hydrogens (tertiary/aromatic N) is 2. The average Bonchev–Trinajstić information content (AvgIpc) is 2.78. The highest BCUT2D eigenvalue weighted by Gasteiger charge is 2.52. The fourth-order valence-corrected chi connectivity index (χ4v) is 3.96. The molecule has 9 heteroatoms. The van der Waals surface area contributed by atoms with E-state index in [0.717, 1.165) is 11.3 Å². The first-order valence-corrected chi connectivity index (χ1v) is 10.4. The van der Waals surface area contributed by atoms with Gasteiger partial charge in [-0.2, -0.15) is 0 Å². The van der Waals surface area contributed by atoms with E-state index >= 15 is 0 Å². The number of carbonyl (C=O) groups is 1. The fourth-order valence-electron chi connectivity index (χ4n) is 3.96. The van der Waals surface area contributed by atoms with Gasteiger partial charge in [-0.1, -0.05) is 36.4 Å². The molecule has 0 spiro atoms. The zero-order valence-corrected chi connectivity index (χ0v) is 18.4. The van der Waals surface area contributed by atoms with Crippen molar-refractivity contribution in [1.29, 1.82) is 0 Å². The first-order chi connectivity index (χ1) is 15.1. The highest BCUT2D eigenvalue weighted by atomic mass is 16.6. The Balaban J connectivity index is 1.77. The van der Waals surface area contributed by atoms with Crippen molar-refractivity contribution in [3.8, 4) is 0 Å². The minimum absolute atomic E-state index is 0.00180. The number of hydrogen-bond acceptors (Lipinski definition) is 7. The van der Waals surface area contributed by atoms with Gasteiger partial charge in [0, 0.05) is 6.20 Å². The van der Waals surface area contributed by atoms with Gasteiger partial charge in [-0.05, 0) is 24.6 Å². The Morgan fingerprint density at radius 1 is 1.06 bits per heavy atom. The van der Waals surface area contributed by atoms with E-state index in [0.29, 0.717) is 6.54 Å². The van der Waals surface area contributed by atoms with Gasteiger partial charge in [0.1, 0.15) is 24.4 Å². The molecule has 174 valence electrons. The van der Waals surface area contributed by atoms with Gasteiger partial charge in [0.2, 0.25) is 6.23 Å². The Morgan fingerprint density at radius 3 is 2.31 bits per heavy atom. The first kappa shape index (κ1) is 24.2. The van der Waals surface area contributed by atoms with Crippen LogP contribution in [0.15, 0.2) is 54.7 Å². The number of pyridine rings is 1. The highest BCUT2D eigenvalue weighted by Crippen LogP contribution is 2.32. The van der Waals surface area contributed by atoms with Gasteiger partial charge in [0.05, 0.1) is 26.4 Å². The predicted molar refractivity (Wildman–Crippen MR) is 114 cm³/mol. The van der Waals surface area contributed by atoms with Crippen molar-refractivity contribution >= 4 is 5.97 Å². The van der Waals surface area contributed by atoms with Gasteiger partial charge < -0.3 is 29.9 Å². The molecule has 1 aromatic carbocycles. The number of likely N-dealkylation sites (N-methyl/N-ethyl adjacent to an activating group) is 1. The SMILES string of the molecule is CC(OCC[N+](C)(C)C1O[C@H](C(=O)O)[C@@H](O)[C@H](O)[C@H]1O)(c1ccccc1)c1ccccn1. The van der Waals surface area contributed by atoms with E-state index < -0.39 is 42.2 Å². The van der Waals surface area contributed by atoms with Crippen LogP contribution >= 0.6 is 0 Å². The van der Waals surface area contributed by atoms with E-state index in [1.165, 1.54) is 0 Å². The second-order valence-electron chi connectivity index (χ2n) is 8.72. The predicted octanol–water partition coefficient (Wildman–Crippen LogP) is 0.330. The van der Waals surface area contributed by atoms with E-state index in [-0.39, 0.29) is 11.1 Å². The van der Waals surface area contributed by atoms with Crippen LogP contribution in [-0.2, 0) is 19.9 Å². The van der Waals surface area contributed by atoms with Crippen LogP contribution in [0, 0.1) is 0 Å². The topological polar surface area (TPSA) is 129 Å². The van der Waals surface area contributed by atoms with Gasteiger partial charge in [-0.3, -0.25) is 9.47 Å². The molecule has 1 aliphatic heterocycles. The number of benzene rings is 1. The van der Waals surface area contributed by atoms with E-state index in [2.05, 4.69) is 4.98 Å². The van der Waals surface area contributed by atoms with Crippen LogP contribution < -0.4 is 0 Å². The lowest BCUT2D eigenvalue weighted by Crippen LogP contribution is -2.68. The number of aliphatic hydroxyl groups excluding tert-OH is 3. The highest BCUT2D eigenvalue weighted by molar-refractivity contribution is 5.73. The van der Waals surface area contributed by atoms with Crippen LogP contribution in [0.1, 0.15) is 18.2 Å². The first-order valence-electron chi connectivity index (χ1n) is 10.4. The summed E-state index contributed by atoms with van der Waals surface area (Å²) in [7, 11) is 3.47. The maximum atomic E-state index is 11.4. The average molecular weight is 448 g/mol. The molecule has 0 radical (unpaired) electrons. The zero-order valence-electron chi connectivity index (χ0n) is 18.4. The number of aromatic nitrogens is 1. The third-order valence-electron chi connectivity index (χ3n) is 6.06. The van der Waals surface area contributed by atoms with Crippen LogP contribution in [0.3, 0.4) is 0 Å². The van der Waals surface area contributed by atoms with Gasteiger partial charge >= 0.3 is 5.97 Å². The Morgan fingerprint density at radius 2 is 1.72 bits per heavy atom. The standard InChI is InChI=1S/C23H30N2O7/c1-23(15-9-5-4-6-10-15,16-11-7-8-12-24-16)31-14-13-25(2,3)21-19(28)17(26)18(27)20(32-21)22(29)30/h4-12,17-21,26-28H,13-14H2,1-3H3/p+1/t17-,18-,19+,20-,21?,23?/m0/s1. The second kappa shape index (κ2) is 9.62. The number of carboxylic acid groups (broad SMARTS) is 1. The molecule has 4 N–H and O–H groups in total. The number of aliphatic hydroxyl groups is 3. The Bertz CT molecular complexity index is 854. The third kappa shape index (κ3) is 4.83. The smallest absolute Gasteiger partial charge is 0.335 e. The molecule has 0 saturated carbocycles. The molecule has 6 atom stereocenters. The maximum Gasteiger partial charge on any atom is 0.335 e. The summed E-state index contributed by atoms with van der Waals surface area (Å²) < 4.78 is 11.8. The molecule has 2 aromatic rings. The van der Waals surface area contributed by atoms with Gasteiger partial charge in [0.25, 0.3) is 0 Å². The monoisotopic (exact) mass is 447 g/mol. The summed E-state index contributed by atoms with van der Waals surface area (Å²) in [5.41, 5.74) is 0.811. The number of ether oxygens (including phenoxy) is 2. The van der Waals surface area contributed by atoms with Crippen molar-refractivity contribution in [2.24, 2.45) is 0 Å². The van der Waals surface area contributed by atoms with Crippen molar-refractivity contribution in [2.75, 3.05) is 27.2 Å². The minimum atomic E-state index is -1.72. The molecule has 2 heterocycles. The molecule has 1 saturated heterocycles. The Hall–Kier alpha value is -2.40. The fraction of sp³-hybridized carbons (Fsp3) is 0.478. The molecule has 0 amide bonds. The molecular weight excluding hydrogens is 416 g/mol. The van der Waals surface area contributed by atoms with Crippen molar-refractivity contribution in [1.82, 2.24) is 4.98 Å². The number of hydrogen-bond donors (Lipinski definition) is 4. The molecule has 1 fully saturated rings. The van der Waals surface area contributed by atoms with Crippen LogP contribution in [0.2, 0.25) is 0 Å². The number of quaternary nitrogens is 1. The summed E-state index contributed by atoms with van der Waals surface area (Å²) in [5.74, 6) is -1.41. The maximum absolute atomic E-state index is 11.4. The number of carboxylic acids is 1. The van der Waals surface area contributed by atoms with E-state index in [1.54, 1.807) is 20.3 Å². The summed E-state index contributed by atoms with van der Waals surface area (Å²) >= 11 is 0. The summed E-state index contributed by atoms with van der Waals surface area (Å²) in [6.07, 6.45) is -5.84. The Kier molecular flexibility index (Phi) is 7.29. The van der Waals surface area contributed by atoms with Crippen LogP contribution in [-0.4, -0.2) is 93.8 Å². The molecular formula is C23H31N2O7+.